The molecule has 0 aliphatic rings. The summed E-state index contributed by atoms with van der Waals surface area (Å²) in [4.78, 5) is 20.9. The number of nitrogens with zero attached hydrogens (tertiary/aromatic N) is 2. The van der Waals surface area contributed by atoms with Gasteiger partial charge in [0.2, 0.25) is 0 Å². The van der Waals surface area contributed by atoms with Crippen molar-refractivity contribution < 1.29 is 4.79 Å². The van der Waals surface area contributed by atoms with Crippen LogP contribution in [0.25, 0.3) is 21.9 Å². The molecule has 2 heterocycles. The fraction of sp³-hybridized carbons (Fsp3) is 0.0769. The highest BCUT2D eigenvalue weighted by Crippen LogP contribution is 2.33. The predicted octanol–water partition coefficient (Wildman–Crippen LogP) is 6.27. The molecule has 0 aliphatic heterocycles. The van der Waals surface area contributed by atoms with E-state index in [9.17, 15) is 4.79 Å². The van der Waals surface area contributed by atoms with Crippen LogP contribution in [0.1, 0.15) is 27.2 Å². The van der Waals surface area contributed by atoms with Gasteiger partial charge in [0.1, 0.15) is 0 Å². The van der Waals surface area contributed by atoms with Crippen LogP contribution in [-0.2, 0) is 6.54 Å². The number of fused-ring (bicyclic) bond motifs is 1. The fourth-order valence-electron chi connectivity index (χ4n) is 4.05. The molecule has 0 fully saturated rings. The lowest BCUT2D eigenvalue weighted by atomic mass is 9.93. The molecule has 0 aliphatic carbocycles. The number of H-pyrrole nitrogens is 1. The first-order chi connectivity index (χ1) is 15.1. The summed E-state index contributed by atoms with van der Waals surface area (Å²) in [5.41, 5.74) is 5.11. The zero-order valence-corrected chi connectivity index (χ0v) is 17.7. The van der Waals surface area contributed by atoms with Crippen molar-refractivity contribution in [3.05, 3.63) is 113 Å². The first kappa shape index (κ1) is 19.3. The Morgan fingerprint density at radius 2 is 1.84 bits per heavy atom. The molecule has 0 atom stereocenters. The Labute approximate surface area is 185 Å². The Kier molecular flexibility index (Phi) is 4.92. The van der Waals surface area contributed by atoms with Crippen molar-refractivity contribution in [3.63, 3.8) is 0 Å². The van der Waals surface area contributed by atoms with E-state index in [0.717, 1.165) is 33.2 Å². The second-order valence-corrected chi connectivity index (χ2v) is 8.09. The van der Waals surface area contributed by atoms with Crippen LogP contribution in [0.4, 0.5) is 0 Å². The Bertz CT molecular complexity index is 1390. The number of nitrogens with one attached hydrogen (secondary N) is 1. The molecular weight excluding hydrogens is 406 g/mol. The number of aryl methyl sites for hydroxylation is 1. The summed E-state index contributed by atoms with van der Waals surface area (Å²) in [5, 5.41) is 2.88. The van der Waals surface area contributed by atoms with Crippen LogP contribution in [0.15, 0.2) is 85.6 Å². The number of benzene rings is 3. The van der Waals surface area contributed by atoms with E-state index in [1.165, 1.54) is 0 Å². The van der Waals surface area contributed by atoms with E-state index >= 15 is 0 Å². The third-order valence-electron chi connectivity index (χ3n) is 5.55. The van der Waals surface area contributed by atoms with Crippen LogP contribution >= 0.6 is 11.6 Å². The lowest BCUT2D eigenvalue weighted by Gasteiger charge is -2.09. The fourth-order valence-corrected chi connectivity index (χ4v) is 4.28. The van der Waals surface area contributed by atoms with Crippen molar-refractivity contribution in [3.8, 4) is 11.1 Å². The number of halogens is 1. The molecule has 4 nitrogen and oxygen atoms in total. The third-order valence-corrected chi connectivity index (χ3v) is 5.78. The van der Waals surface area contributed by atoms with Gasteiger partial charge < -0.3 is 9.55 Å². The minimum atomic E-state index is -0.0135. The number of aromatic nitrogens is 3. The quantitative estimate of drug-likeness (QED) is 0.337. The number of carbonyl (C=O) groups excluding carboxylic acids is 1. The normalized spacial score (nSPS) is 11.2. The number of hydrogen-bond acceptors (Lipinski definition) is 2. The van der Waals surface area contributed by atoms with E-state index < -0.39 is 0 Å². The summed E-state index contributed by atoms with van der Waals surface area (Å²) < 4.78 is 2.03. The average Bonchev–Trinajstić information content (AvgIpc) is 3.43. The maximum atomic E-state index is 13.6. The summed E-state index contributed by atoms with van der Waals surface area (Å²) in [6, 6.07) is 19.8. The first-order valence-corrected chi connectivity index (χ1v) is 10.4. The van der Waals surface area contributed by atoms with Gasteiger partial charge in [-0.3, -0.25) is 4.79 Å². The average molecular weight is 426 g/mol. The van der Waals surface area contributed by atoms with Crippen molar-refractivity contribution in [1.82, 2.24) is 14.5 Å². The topological polar surface area (TPSA) is 50.7 Å². The van der Waals surface area contributed by atoms with Crippen LogP contribution < -0.4 is 0 Å². The lowest BCUT2D eigenvalue weighted by Crippen LogP contribution is -2.04. The van der Waals surface area contributed by atoms with E-state index in [4.69, 9.17) is 11.6 Å². The molecule has 0 amide bonds. The second-order valence-electron chi connectivity index (χ2n) is 7.65. The zero-order chi connectivity index (χ0) is 21.4. The van der Waals surface area contributed by atoms with Crippen molar-refractivity contribution >= 4 is 28.2 Å². The van der Waals surface area contributed by atoms with Gasteiger partial charge >= 0.3 is 0 Å². The molecule has 152 valence electrons. The van der Waals surface area contributed by atoms with E-state index in [2.05, 4.69) is 34.2 Å². The maximum Gasteiger partial charge on any atom is 0.195 e. The molecule has 0 saturated heterocycles. The molecule has 0 spiro atoms. The van der Waals surface area contributed by atoms with Gasteiger partial charge in [-0.25, -0.2) is 4.98 Å². The zero-order valence-electron chi connectivity index (χ0n) is 17.0. The van der Waals surface area contributed by atoms with Crippen LogP contribution in [0.2, 0.25) is 5.02 Å². The van der Waals surface area contributed by atoms with Gasteiger partial charge in [-0.2, -0.15) is 0 Å². The number of aromatic amines is 1. The Morgan fingerprint density at radius 1 is 1.00 bits per heavy atom. The SMILES string of the molecule is Cc1cc(Cl)ccc1C(=O)c1cn(Cc2cnc[nH]2)cc1-c1cccc2ccccc12. The van der Waals surface area contributed by atoms with Crippen LogP contribution in [0.5, 0.6) is 0 Å². The minimum Gasteiger partial charge on any atom is -0.347 e. The van der Waals surface area contributed by atoms with E-state index in [1.54, 1.807) is 24.7 Å². The van der Waals surface area contributed by atoms with Crippen molar-refractivity contribution in [2.45, 2.75) is 13.5 Å². The van der Waals surface area contributed by atoms with Gasteiger partial charge in [0.25, 0.3) is 0 Å². The van der Waals surface area contributed by atoms with Gasteiger partial charge in [0.15, 0.2) is 5.78 Å². The summed E-state index contributed by atoms with van der Waals surface area (Å²) in [6.07, 6.45) is 7.42. The number of rotatable bonds is 5. The highest BCUT2D eigenvalue weighted by Gasteiger charge is 2.20. The van der Waals surface area contributed by atoms with Crippen molar-refractivity contribution in [2.24, 2.45) is 0 Å². The largest absolute Gasteiger partial charge is 0.347 e. The van der Waals surface area contributed by atoms with Crippen LogP contribution in [-0.4, -0.2) is 20.3 Å². The smallest absolute Gasteiger partial charge is 0.195 e. The molecule has 5 aromatic rings. The summed E-state index contributed by atoms with van der Waals surface area (Å²) >= 11 is 6.12. The van der Waals surface area contributed by atoms with Crippen LogP contribution in [0.3, 0.4) is 0 Å². The van der Waals surface area contributed by atoms with Gasteiger partial charge in [0, 0.05) is 40.3 Å². The van der Waals surface area contributed by atoms with Gasteiger partial charge in [-0.1, -0.05) is 54.1 Å². The minimum absolute atomic E-state index is 0.0135. The van der Waals surface area contributed by atoms with E-state index in [-0.39, 0.29) is 5.78 Å². The summed E-state index contributed by atoms with van der Waals surface area (Å²) in [6.45, 7) is 2.52. The van der Waals surface area contributed by atoms with Gasteiger partial charge in [0.05, 0.1) is 18.6 Å². The van der Waals surface area contributed by atoms with Crippen LogP contribution in [0, 0.1) is 6.92 Å². The molecule has 0 saturated carbocycles. The van der Waals surface area contributed by atoms with E-state index in [0.29, 0.717) is 22.7 Å². The van der Waals surface area contributed by atoms with Crippen molar-refractivity contribution in [1.29, 1.82) is 0 Å². The first-order valence-electron chi connectivity index (χ1n) is 10.1. The molecule has 1 N–H and O–H groups in total. The molecular formula is C26H20ClN3O. The van der Waals surface area contributed by atoms with Gasteiger partial charge in [-0.15, -0.1) is 0 Å². The molecule has 2 aromatic heterocycles. The molecule has 0 unspecified atom stereocenters. The van der Waals surface area contributed by atoms with E-state index in [1.807, 2.05) is 48.1 Å². The molecule has 5 rings (SSSR count). The monoisotopic (exact) mass is 425 g/mol. The molecule has 3 aromatic carbocycles. The summed E-state index contributed by atoms with van der Waals surface area (Å²) in [5.74, 6) is -0.0135. The lowest BCUT2D eigenvalue weighted by molar-refractivity contribution is 0.103. The molecule has 0 bridgehead atoms. The Hall–Kier alpha value is -3.63. The molecule has 31 heavy (non-hydrogen) atoms. The maximum absolute atomic E-state index is 13.6. The second kappa shape index (κ2) is 7.89. The van der Waals surface area contributed by atoms with Gasteiger partial charge in [-0.05, 0) is 47.0 Å². The predicted molar refractivity (Wildman–Crippen MR) is 125 cm³/mol. The number of carbonyl (C=O) groups is 1. The molecule has 0 radical (unpaired) electrons. The number of hydrogen-bond donors (Lipinski definition) is 1. The standard InChI is InChI=1S/C26H20ClN3O/c1-17-11-19(27)9-10-21(17)26(31)25-15-30(13-20-12-28-16-29-20)14-24(25)23-8-4-6-18-5-2-3-7-22(18)23/h2-12,14-16H,13H2,1H3,(H,28,29). The highest BCUT2D eigenvalue weighted by atomic mass is 35.5. The Balaban J connectivity index is 1.69. The number of ketones is 1. The molecule has 5 heteroatoms. The third kappa shape index (κ3) is 3.66. The Morgan fingerprint density at radius 3 is 2.65 bits per heavy atom. The number of imidazole rings is 1. The highest BCUT2D eigenvalue weighted by molar-refractivity contribution is 6.31. The van der Waals surface area contributed by atoms with Crippen molar-refractivity contribution in [2.75, 3.05) is 0 Å². The summed E-state index contributed by atoms with van der Waals surface area (Å²) in [7, 11) is 0.